The number of hydrogen-bond acceptors (Lipinski definition) is 2. The second-order valence-electron chi connectivity index (χ2n) is 4.04. The lowest BCUT2D eigenvalue weighted by atomic mass is 9.99. The van der Waals surface area contributed by atoms with Crippen molar-refractivity contribution in [3.63, 3.8) is 0 Å². The molecule has 0 fully saturated rings. The molecule has 0 aliphatic carbocycles. The summed E-state index contributed by atoms with van der Waals surface area (Å²) >= 11 is 0. The number of benzene rings is 1. The number of ketones is 1. The Balaban J connectivity index is 2.78. The average molecular weight is 245 g/mol. The monoisotopic (exact) mass is 245 g/mol. The van der Waals surface area contributed by atoms with Crippen molar-refractivity contribution < 1.29 is 18.0 Å². The van der Waals surface area contributed by atoms with Crippen LogP contribution >= 0.6 is 0 Å². The van der Waals surface area contributed by atoms with Crippen LogP contribution in [0.15, 0.2) is 24.3 Å². The fourth-order valence-electron chi connectivity index (χ4n) is 1.36. The zero-order chi connectivity index (χ0) is 13.1. The smallest absolute Gasteiger partial charge is 0.330 e. The summed E-state index contributed by atoms with van der Waals surface area (Å²) in [7, 11) is 0. The Morgan fingerprint density at radius 1 is 1.29 bits per heavy atom. The van der Waals surface area contributed by atoms with Gasteiger partial charge in [0.1, 0.15) is 0 Å². The number of rotatable bonds is 4. The standard InChI is InChI=1S/C12H14F3NO/c1-8(7-16)6-11(17)9-2-4-10(5-3-9)12(13,14)15/h2-5,8H,6-7,16H2,1H3. The van der Waals surface area contributed by atoms with Crippen LogP contribution in [0.25, 0.3) is 0 Å². The van der Waals surface area contributed by atoms with E-state index in [1.165, 1.54) is 12.1 Å². The van der Waals surface area contributed by atoms with E-state index in [0.29, 0.717) is 12.1 Å². The van der Waals surface area contributed by atoms with E-state index in [0.717, 1.165) is 12.1 Å². The summed E-state index contributed by atoms with van der Waals surface area (Å²) in [5.74, 6) is -0.151. The molecule has 94 valence electrons. The first-order valence-electron chi connectivity index (χ1n) is 5.25. The summed E-state index contributed by atoms with van der Waals surface area (Å²) in [4.78, 5) is 11.6. The third-order valence-corrected chi connectivity index (χ3v) is 2.47. The van der Waals surface area contributed by atoms with Gasteiger partial charge < -0.3 is 5.73 Å². The molecule has 0 saturated heterocycles. The Morgan fingerprint density at radius 2 is 1.82 bits per heavy atom. The maximum Gasteiger partial charge on any atom is 0.416 e. The van der Waals surface area contributed by atoms with E-state index in [9.17, 15) is 18.0 Å². The molecule has 1 aromatic carbocycles. The van der Waals surface area contributed by atoms with Crippen LogP contribution in [0.5, 0.6) is 0 Å². The van der Waals surface area contributed by atoms with Gasteiger partial charge in [-0.2, -0.15) is 13.2 Å². The highest BCUT2D eigenvalue weighted by Gasteiger charge is 2.30. The first kappa shape index (κ1) is 13.7. The van der Waals surface area contributed by atoms with Crippen LogP contribution in [0, 0.1) is 5.92 Å². The first-order chi connectivity index (χ1) is 7.84. The van der Waals surface area contributed by atoms with Gasteiger partial charge in [0.15, 0.2) is 5.78 Å². The van der Waals surface area contributed by atoms with Gasteiger partial charge in [0.2, 0.25) is 0 Å². The van der Waals surface area contributed by atoms with Crippen molar-refractivity contribution in [3.8, 4) is 0 Å². The summed E-state index contributed by atoms with van der Waals surface area (Å²) < 4.78 is 36.9. The molecule has 0 radical (unpaired) electrons. The van der Waals surface area contributed by atoms with Crippen molar-refractivity contribution in [2.24, 2.45) is 11.7 Å². The number of Topliss-reactive ketones (excluding diaryl/α,β-unsaturated/α-hetero) is 1. The van der Waals surface area contributed by atoms with E-state index in [4.69, 9.17) is 5.73 Å². The minimum atomic E-state index is -4.37. The van der Waals surface area contributed by atoms with E-state index in [2.05, 4.69) is 0 Å². The molecule has 2 N–H and O–H groups in total. The summed E-state index contributed by atoms with van der Waals surface area (Å²) in [6, 6.07) is 4.24. The van der Waals surface area contributed by atoms with Gasteiger partial charge in [-0.05, 0) is 24.6 Å². The van der Waals surface area contributed by atoms with Gasteiger partial charge in [-0.25, -0.2) is 0 Å². The van der Waals surface area contributed by atoms with E-state index >= 15 is 0 Å². The maximum absolute atomic E-state index is 12.3. The number of halogens is 3. The van der Waals surface area contributed by atoms with Gasteiger partial charge in [0, 0.05) is 12.0 Å². The van der Waals surface area contributed by atoms with Crippen LogP contribution in [-0.4, -0.2) is 12.3 Å². The molecule has 1 rings (SSSR count). The Labute approximate surface area is 97.6 Å². The van der Waals surface area contributed by atoms with Crippen LogP contribution in [0.3, 0.4) is 0 Å². The predicted molar refractivity (Wildman–Crippen MR) is 58.6 cm³/mol. The minimum Gasteiger partial charge on any atom is -0.330 e. The van der Waals surface area contributed by atoms with E-state index in [-0.39, 0.29) is 18.1 Å². The second kappa shape index (κ2) is 5.31. The quantitative estimate of drug-likeness (QED) is 0.829. The number of carbonyl (C=O) groups excluding carboxylic acids is 1. The number of carbonyl (C=O) groups is 1. The zero-order valence-corrected chi connectivity index (χ0v) is 9.42. The molecule has 1 aromatic rings. The highest BCUT2D eigenvalue weighted by atomic mass is 19.4. The SMILES string of the molecule is CC(CN)CC(=O)c1ccc(C(F)(F)F)cc1. The lowest BCUT2D eigenvalue weighted by molar-refractivity contribution is -0.137. The Hall–Kier alpha value is -1.36. The van der Waals surface area contributed by atoms with Gasteiger partial charge in [-0.3, -0.25) is 4.79 Å². The molecule has 0 aliphatic rings. The topological polar surface area (TPSA) is 43.1 Å². The molecule has 0 aromatic heterocycles. The maximum atomic E-state index is 12.3. The normalized spacial score (nSPS) is 13.5. The van der Waals surface area contributed by atoms with Gasteiger partial charge in [0.25, 0.3) is 0 Å². The predicted octanol–water partition coefficient (Wildman–Crippen LogP) is 2.87. The second-order valence-corrected chi connectivity index (χ2v) is 4.04. The highest BCUT2D eigenvalue weighted by Crippen LogP contribution is 2.29. The van der Waals surface area contributed by atoms with Gasteiger partial charge in [-0.15, -0.1) is 0 Å². The van der Waals surface area contributed by atoms with E-state index in [1.807, 2.05) is 6.92 Å². The molecule has 2 nitrogen and oxygen atoms in total. The van der Waals surface area contributed by atoms with Gasteiger partial charge in [-0.1, -0.05) is 19.1 Å². The fourth-order valence-corrected chi connectivity index (χ4v) is 1.36. The minimum absolute atomic E-state index is 0.0322. The summed E-state index contributed by atoms with van der Waals surface area (Å²) in [5, 5.41) is 0. The van der Waals surface area contributed by atoms with E-state index in [1.54, 1.807) is 0 Å². The van der Waals surface area contributed by atoms with Crippen LogP contribution in [0.4, 0.5) is 13.2 Å². The molecular weight excluding hydrogens is 231 g/mol. The van der Waals surface area contributed by atoms with Crippen LogP contribution in [-0.2, 0) is 6.18 Å². The summed E-state index contributed by atoms with van der Waals surface area (Å²) in [6.07, 6.45) is -4.12. The van der Waals surface area contributed by atoms with Crippen molar-refractivity contribution in [1.29, 1.82) is 0 Å². The van der Waals surface area contributed by atoms with E-state index < -0.39 is 11.7 Å². The molecule has 0 saturated carbocycles. The van der Waals surface area contributed by atoms with Crippen molar-refractivity contribution in [2.45, 2.75) is 19.5 Å². The molecule has 17 heavy (non-hydrogen) atoms. The molecule has 5 heteroatoms. The number of alkyl halides is 3. The number of nitrogens with two attached hydrogens (primary N) is 1. The lowest BCUT2D eigenvalue weighted by Crippen LogP contribution is -2.15. The molecule has 0 amide bonds. The molecule has 1 unspecified atom stereocenters. The van der Waals surface area contributed by atoms with Crippen LogP contribution < -0.4 is 5.73 Å². The first-order valence-corrected chi connectivity index (χ1v) is 5.25. The highest BCUT2D eigenvalue weighted by molar-refractivity contribution is 5.96. The van der Waals surface area contributed by atoms with Crippen molar-refractivity contribution in [2.75, 3.05) is 6.54 Å². The van der Waals surface area contributed by atoms with Gasteiger partial charge in [0.05, 0.1) is 5.56 Å². The molecule has 1 atom stereocenters. The third-order valence-electron chi connectivity index (χ3n) is 2.47. The average Bonchev–Trinajstić information content (AvgIpc) is 2.27. The van der Waals surface area contributed by atoms with Crippen molar-refractivity contribution >= 4 is 5.78 Å². The summed E-state index contributed by atoms with van der Waals surface area (Å²) in [5.41, 5.74) is 4.92. The molecule has 0 heterocycles. The van der Waals surface area contributed by atoms with Crippen molar-refractivity contribution in [3.05, 3.63) is 35.4 Å². The Kier molecular flexibility index (Phi) is 4.28. The largest absolute Gasteiger partial charge is 0.416 e. The van der Waals surface area contributed by atoms with Crippen LogP contribution in [0.2, 0.25) is 0 Å². The molecular formula is C12H14F3NO. The molecule has 0 spiro atoms. The zero-order valence-electron chi connectivity index (χ0n) is 9.42. The van der Waals surface area contributed by atoms with Crippen molar-refractivity contribution in [1.82, 2.24) is 0 Å². The lowest BCUT2D eigenvalue weighted by Gasteiger charge is -2.09. The molecule has 0 aliphatic heterocycles. The number of hydrogen-bond donors (Lipinski definition) is 1. The Morgan fingerprint density at radius 3 is 2.24 bits per heavy atom. The third kappa shape index (κ3) is 3.85. The van der Waals surface area contributed by atoms with Gasteiger partial charge >= 0.3 is 6.18 Å². The summed E-state index contributed by atoms with van der Waals surface area (Å²) in [6.45, 7) is 2.20. The fraction of sp³-hybridized carbons (Fsp3) is 0.417. The molecule has 0 bridgehead atoms. The van der Waals surface area contributed by atoms with Crippen LogP contribution in [0.1, 0.15) is 29.3 Å². The Bertz CT molecular complexity index is 384.